The Balaban J connectivity index is 1.38. The van der Waals surface area contributed by atoms with E-state index in [0.29, 0.717) is 37.3 Å². The van der Waals surface area contributed by atoms with Crippen LogP contribution in [-0.4, -0.2) is 42.5 Å². The van der Waals surface area contributed by atoms with E-state index in [4.69, 9.17) is 0 Å². The summed E-state index contributed by atoms with van der Waals surface area (Å²) in [5, 5.41) is 5.67. The lowest BCUT2D eigenvalue weighted by Gasteiger charge is -2.33. The summed E-state index contributed by atoms with van der Waals surface area (Å²) >= 11 is 3.31. The molecule has 1 aliphatic heterocycles. The second kappa shape index (κ2) is 10.1. The van der Waals surface area contributed by atoms with Gasteiger partial charge in [0.1, 0.15) is 5.82 Å². The number of aromatic nitrogens is 1. The van der Waals surface area contributed by atoms with Gasteiger partial charge in [0.25, 0.3) is 5.91 Å². The first kappa shape index (κ1) is 23.1. The van der Waals surface area contributed by atoms with Gasteiger partial charge in [0.15, 0.2) is 0 Å². The summed E-state index contributed by atoms with van der Waals surface area (Å²) in [6, 6.07) is 9.31. The number of rotatable bonds is 6. The number of halogens is 4. The first-order chi connectivity index (χ1) is 14.7. The Labute approximate surface area is 186 Å². The fraction of sp³-hybridized carbons (Fsp3) is 0.381. The van der Waals surface area contributed by atoms with Gasteiger partial charge >= 0.3 is 6.18 Å². The summed E-state index contributed by atoms with van der Waals surface area (Å²) in [6.45, 7) is 1.41. The van der Waals surface area contributed by atoms with Gasteiger partial charge < -0.3 is 15.5 Å². The fourth-order valence-corrected chi connectivity index (χ4v) is 3.55. The summed E-state index contributed by atoms with van der Waals surface area (Å²) in [6.07, 6.45) is -2.06. The second-order valence-electron chi connectivity index (χ2n) is 7.24. The lowest BCUT2D eigenvalue weighted by atomic mass is 10.0. The van der Waals surface area contributed by atoms with Crippen molar-refractivity contribution < 1.29 is 22.8 Å². The fourth-order valence-electron chi connectivity index (χ4n) is 3.29. The molecule has 0 radical (unpaired) electrons. The minimum Gasteiger partial charge on any atom is -0.356 e. The zero-order valence-corrected chi connectivity index (χ0v) is 18.2. The molecular weight excluding hydrogens is 477 g/mol. The highest BCUT2D eigenvalue weighted by molar-refractivity contribution is 9.10. The molecule has 3 rings (SSSR count). The van der Waals surface area contributed by atoms with Gasteiger partial charge in [-0.3, -0.25) is 9.59 Å². The summed E-state index contributed by atoms with van der Waals surface area (Å²) in [5.41, 5.74) is -0.251. The Kier molecular flexibility index (Phi) is 7.53. The quantitative estimate of drug-likeness (QED) is 0.635. The molecule has 0 aliphatic carbocycles. The summed E-state index contributed by atoms with van der Waals surface area (Å²) in [4.78, 5) is 30.0. The molecule has 2 heterocycles. The molecule has 6 nitrogen and oxygen atoms in total. The Bertz CT molecular complexity index is 896. The molecule has 0 saturated carbocycles. The number of carbonyl (C=O) groups excluding carboxylic acids is 2. The van der Waals surface area contributed by atoms with Crippen LogP contribution in [0, 0.1) is 0 Å². The molecule has 0 unspecified atom stereocenters. The van der Waals surface area contributed by atoms with Gasteiger partial charge in [-0.2, -0.15) is 13.2 Å². The highest BCUT2D eigenvalue weighted by atomic mass is 79.9. The lowest BCUT2D eigenvalue weighted by molar-refractivity contribution is -0.137. The van der Waals surface area contributed by atoms with Crippen molar-refractivity contribution in [3.8, 4) is 0 Å². The maximum Gasteiger partial charge on any atom is 0.417 e. The van der Waals surface area contributed by atoms with E-state index in [1.54, 1.807) is 24.3 Å². The number of hydrogen-bond acceptors (Lipinski definition) is 4. The summed E-state index contributed by atoms with van der Waals surface area (Å²) in [5.74, 6) is 0.105. The van der Waals surface area contributed by atoms with Crippen molar-refractivity contribution >= 4 is 33.6 Å². The van der Waals surface area contributed by atoms with Crippen molar-refractivity contribution in [3.63, 3.8) is 0 Å². The zero-order chi connectivity index (χ0) is 22.4. The van der Waals surface area contributed by atoms with E-state index in [1.807, 2.05) is 4.90 Å². The van der Waals surface area contributed by atoms with Crippen molar-refractivity contribution in [2.45, 2.75) is 31.5 Å². The SMILES string of the molecule is O=C(CCNC(=O)c1ccc(Br)cc1)NC1CCN(c2ccc(C(F)(F)F)cn2)CC1. The normalized spacial score (nSPS) is 14.9. The van der Waals surface area contributed by atoms with Crippen LogP contribution in [0.5, 0.6) is 0 Å². The van der Waals surface area contributed by atoms with Gasteiger partial charge in [0.2, 0.25) is 5.91 Å². The summed E-state index contributed by atoms with van der Waals surface area (Å²) in [7, 11) is 0. The molecule has 0 spiro atoms. The monoisotopic (exact) mass is 498 g/mol. The van der Waals surface area contributed by atoms with Crippen LogP contribution in [0.1, 0.15) is 35.2 Å². The smallest absolute Gasteiger partial charge is 0.356 e. The molecule has 1 aromatic heterocycles. The van der Waals surface area contributed by atoms with Crippen molar-refractivity contribution in [3.05, 3.63) is 58.2 Å². The van der Waals surface area contributed by atoms with Crippen LogP contribution in [0.4, 0.5) is 19.0 Å². The van der Waals surface area contributed by atoms with Crippen LogP contribution < -0.4 is 15.5 Å². The van der Waals surface area contributed by atoms with Gasteiger partial charge in [-0.1, -0.05) is 15.9 Å². The first-order valence-electron chi connectivity index (χ1n) is 9.84. The van der Waals surface area contributed by atoms with Crippen LogP contribution in [-0.2, 0) is 11.0 Å². The molecule has 2 N–H and O–H groups in total. The zero-order valence-electron chi connectivity index (χ0n) is 16.6. The van der Waals surface area contributed by atoms with Crippen molar-refractivity contribution in [2.24, 2.45) is 0 Å². The largest absolute Gasteiger partial charge is 0.417 e. The maximum atomic E-state index is 12.6. The Morgan fingerprint density at radius 2 is 1.77 bits per heavy atom. The minimum absolute atomic E-state index is 0.0135. The maximum absolute atomic E-state index is 12.6. The number of carbonyl (C=O) groups is 2. The number of alkyl halides is 3. The van der Waals surface area contributed by atoms with Gasteiger partial charge in [-0.25, -0.2) is 4.98 Å². The molecule has 0 atom stereocenters. The molecule has 0 bridgehead atoms. The molecule has 1 aromatic carbocycles. The Morgan fingerprint density at radius 1 is 1.10 bits per heavy atom. The topological polar surface area (TPSA) is 74.3 Å². The van der Waals surface area contributed by atoms with Crippen LogP contribution in [0.3, 0.4) is 0 Å². The third kappa shape index (κ3) is 6.68. The number of nitrogens with zero attached hydrogens (tertiary/aromatic N) is 2. The molecule has 1 saturated heterocycles. The van der Waals surface area contributed by atoms with Crippen molar-refractivity contribution in [1.82, 2.24) is 15.6 Å². The number of nitrogens with one attached hydrogen (secondary N) is 2. The van der Waals surface area contributed by atoms with E-state index >= 15 is 0 Å². The predicted octanol–water partition coefficient (Wildman–Crippen LogP) is 3.77. The van der Waals surface area contributed by atoms with E-state index in [0.717, 1.165) is 16.7 Å². The van der Waals surface area contributed by atoms with Crippen molar-refractivity contribution in [2.75, 3.05) is 24.5 Å². The third-order valence-corrected chi connectivity index (χ3v) is 5.53. The van der Waals surface area contributed by atoms with Gasteiger partial charge in [-0.15, -0.1) is 0 Å². The highest BCUT2D eigenvalue weighted by Crippen LogP contribution is 2.29. The van der Waals surface area contributed by atoms with Crippen molar-refractivity contribution in [1.29, 1.82) is 0 Å². The molecule has 1 aliphatic rings. The number of anilines is 1. The first-order valence-corrected chi connectivity index (χ1v) is 10.6. The molecular formula is C21H22BrF3N4O2. The molecule has 166 valence electrons. The lowest BCUT2D eigenvalue weighted by Crippen LogP contribution is -2.45. The van der Waals surface area contributed by atoms with Gasteiger partial charge in [0.05, 0.1) is 5.56 Å². The minimum atomic E-state index is -4.40. The number of hydrogen-bond donors (Lipinski definition) is 2. The standard InChI is InChI=1S/C21H22BrF3N4O2/c22-16-4-1-14(2-5-16)20(31)26-10-7-19(30)28-17-8-11-29(12-9-17)18-6-3-15(13-27-18)21(23,24)25/h1-6,13,17H,7-12H2,(H,26,31)(H,28,30). The van der Waals surface area contributed by atoms with E-state index in [1.165, 1.54) is 6.07 Å². The van der Waals surface area contributed by atoms with Gasteiger partial charge in [-0.05, 0) is 49.2 Å². The van der Waals surface area contributed by atoms with Crippen LogP contribution in [0.25, 0.3) is 0 Å². The number of pyridine rings is 1. The number of piperidine rings is 1. The number of amides is 2. The molecule has 2 aromatic rings. The third-order valence-electron chi connectivity index (χ3n) is 5.00. The molecule has 31 heavy (non-hydrogen) atoms. The highest BCUT2D eigenvalue weighted by Gasteiger charge is 2.31. The Hall–Kier alpha value is -2.62. The second-order valence-corrected chi connectivity index (χ2v) is 8.16. The average Bonchev–Trinajstić information content (AvgIpc) is 2.74. The molecule has 10 heteroatoms. The van der Waals surface area contributed by atoms with Crippen LogP contribution in [0.15, 0.2) is 47.1 Å². The predicted molar refractivity (Wildman–Crippen MR) is 114 cm³/mol. The van der Waals surface area contributed by atoms with Crippen LogP contribution >= 0.6 is 15.9 Å². The van der Waals surface area contributed by atoms with Crippen LogP contribution in [0.2, 0.25) is 0 Å². The average molecular weight is 499 g/mol. The van der Waals surface area contributed by atoms with E-state index in [-0.39, 0.29) is 30.8 Å². The van der Waals surface area contributed by atoms with E-state index in [9.17, 15) is 22.8 Å². The number of benzene rings is 1. The Morgan fingerprint density at radius 3 is 2.35 bits per heavy atom. The van der Waals surface area contributed by atoms with E-state index < -0.39 is 11.7 Å². The molecule has 1 fully saturated rings. The van der Waals surface area contributed by atoms with E-state index in [2.05, 4.69) is 31.5 Å². The summed E-state index contributed by atoms with van der Waals surface area (Å²) < 4.78 is 38.8. The van der Waals surface area contributed by atoms with Gasteiger partial charge in [0, 0.05) is 48.3 Å². The molecule has 2 amide bonds.